The summed E-state index contributed by atoms with van der Waals surface area (Å²) in [6.07, 6.45) is 13.0. The fraction of sp³-hybridized carbons (Fsp3) is 0.403. The first-order valence-electron chi connectivity index (χ1n) is 34.8. The van der Waals surface area contributed by atoms with Gasteiger partial charge in [0.05, 0.1) is 37.1 Å². The molecule has 13 N–H and O–H groups in total. The van der Waals surface area contributed by atoms with Crippen LogP contribution in [0.4, 0.5) is 5.69 Å². The summed E-state index contributed by atoms with van der Waals surface area (Å²) in [4.78, 5) is 114. The SMILES string of the molecule is N=C(N)c1ccc(CNC(=O)CCCCCCCCCOP(=O)(O)OCC2OC(n3cc(/C=C/C(=O)NCCCCCCNC(=O)c4ccc(C(=O)O)c(-c5c6ccc(=O)cc-6oc6cc(O)ccc56)c4)c(=O)[nH]c3=O)CC2C[B]COP(=O)(O)OCCCCCCNC(=S)Nc2cccc(I)c2)cc1. The summed E-state index contributed by atoms with van der Waals surface area (Å²) in [6.45, 7) is 0.679. The number of anilines is 1. The highest BCUT2D eigenvalue weighted by Gasteiger charge is 2.39. The maximum absolute atomic E-state index is 13.5. The first-order chi connectivity index (χ1) is 50.4. The predicted octanol–water partition coefficient (Wildman–Crippen LogP) is 11.1. The van der Waals surface area contributed by atoms with Crippen molar-refractivity contribution in [2.24, 2.45) is 11.7 Å². The number of benzene rings is 5. The third-order valence-corrected chi connectivity index (χ3v) is 20.1. The van der Waals surface area contributed by atoms with E-state index >= 15 is 0 Å². The van der Waals surface area contributed by atoms with Gasteiger partial charge < -0.3 is 61.5 Å². The topological polar surface area (TPSA) is 425 Å². The van der Waals surface area contributed by atoms with Gasteiger partial charge in [0.2, 0.25) is 11.8 Å². The summed E-state index contributed by atoms with van der Waals surface area (Å²) in [5.74, 6) is -2.78. The second-order valence-electron chi connectivity index (χ2n) is 25.2. The fourth-order valence-corrected chi connectivity index (χ4v) is 14.0. The van der Waals surface area contributed by atoms with Crippen molar-refractivity contribution < 1.29 is 75.6 Å². The Labute approximate surface area is 626 Å². The van der Waals surface area contributed by atoms with Crippen molar-refractivity contribution in [3.05, 3.63) is 178 Å². The van der Waals surface area contributed by atoms with E-state index in [0.717, 1.165) is 76.8 Å². The van der Waals surface area contributed by atoms with Crippen LogP contribution in [0.5, 0.6) is 5.75 Å². The minimum absolute atomic E-state index is 0.0221. The van der Waals surface area contributed by atoms with Crippen LogP contribution in [0.1, 0.15) is 153 Å². The lowest BCUT2D eigenvalue weighted by atomic mass is 9.69. The van der Waals surface area contributed by atoms with Crippen LogP contribution < -0.4 is 49.0 Å². The summed E-state index contributed by atoms with van der Waals surface area (Å²) < 4.78 is 61.7. The number of amidine groups is 1. The number of nitrogens with one attached hydrogen (secondary N) is 7. The number of phosphoric acid groups is 2. The van der Waals surface area contributed by atoms with E-state index in [-0.39, 0.29) is 102 Å². The third-order valence-electron chi connectivity index (χ3n) is 17.2. The van der Waals surface area contributed by atoms with Gasteiger partial charge in [-0.2, -0.15) is 0 Å². The maximum atomic E-state index is 13.5. The summed E-state index contributed by atoms with van der Waals surface area (Å²) in [6, 6.07) is 27.6. The lowest BCUT2D eigenvalue weighted by Gasteiger charge is -2.20. The number of ether oxygens (including phenoxy) is 1. The normalized spacial score (nSPS) is 15.4. The molecule has 5 atom stereocenters. The molecular formula is C72H88BIN9O19P2S. The van der Waals surface area contributed by atoms with Gasteiger partial charge in [-0.05, 0) is 164 Å². The van der Waals surface area contributed by atoms with Gasteiger partial charge in [0.15, 0.2) is 10.5 Å². The van der Waals surface area contributed by atoms with Crippen molar-refractivity contribution in [3.63, 3.8) is 0 Å². The Morgan fingerprint density at radius 1 is 0.743 bits per heavy atom. The molecule has 4 aromatic carbocycles. The number of thiocarbonyl (C=S) groups is 1. The number of aromatic carboxylic acids is 1. The van der Waals surface area contributed by atoms with E-state index in [4.69, 9.17) is 50.6 Å². The Bertz CT molecular complexity index is 4430. The standard InChI is InChI=1S/C72H88BIN9O19P2S/c74-52-17-16-18-53(39-52)81-71(105)79-34-13-7-9-15-36-98-104(95,96)100-46-73-42-51-38-65(102-62(51)45-99-103(93,94)97-35-14-8-3-1-2-4-10-19-63(86)80-43-47-20-22-48(23-21-47)67(75)76)83-44-50(69(89)82-72(83)92)25-31-64(87)77-32-11-5-6-12-33-78-68(88)49-24-28-56(70(90)91)59(37-49)66-57-29-26-54(84)40-60(57)101-61-41-55(85)27-30-58(61)66/h16-18,20-31,37,39-41,44,51,62,65,84H,1-15,19,32-36,38,42-43,45-46H2,(H3,75,76)(H,77,87)(H,78,88)(H,80,86)(H,90,91)(H,93,94)(H,95,96)(H2,79,81,105)(H,82,89,92)/b31-25+. The fourth-order valence-electron chi connectivity index (χ4n) is 11.7. The number of nitrogens with two attached hydrogens (primary N) is 1. The predicted molar refractivity (Wildman–Crippen MR) is 411 cm³/mol. The number of aromatic hydroxyl groups is 1. The second-order valence-corrected chi connectivity index (χ2v) is 29.7. The van der Waals surface area contributed by atoms with E-state index in [1.807, 2.05) is 36.4 Å². The zero-order chi connectivity index (χ0) is 75.3. The van der Waals surface area contributed by atoms with Gasteiger partial charge in [-0.15, -0.1) is 0 Å². The highest BCUT2D eigenvalue weighted by atomic mass is 127. The average molecular weight is 1620 g/mol. The second kappa shape index (κ2) is 41.6. The minimum Gasteiger partial charge on any atom is -0.508 e. The molecule has 5 aromatic rings. The molecule has 3 aliphatic rings. The molecule has 3 heterocycles. The molecule has 28 nitrogen and oxygen atoms in total. The number of carbonyl (C=O) groups excluding carboxylic acids is 3. The number of nitrogen functional groups attached to an aromatic ring is 1. The molecule has 8 rings (SSSR count). The Morgan fingerprint density at radius 2 is 1.40 bits per heavy atom. The molecule has 2 aliphatic heterocycles. The summed E-state index contributed by atoms with van der Waals surface area (Å²) >= 11 is 7.61. The summed E-state index contributed by atoms with van der Waals surface area (Å²) in [5, 5.41) is 43.7. The number of carboxylic acid groups (broad SMARTS) is 1. The van der Waals surface area contributed by atoms with Crippen molar-refractivity contribution in [3.8, 4) is 28.2 Å². The quantitative estimate of drug-likeness (QED) is 0.00194. The van der Waals surface area contributed by atoms with Crippen LogP contribution in [-0.4, -0.2) is 124 Å². The zero-order valence-corrected chi connectivity index (χ0v) is 62.6. The van der Waals surface area contributed by atoms with E-state index in [0.29, 0.717) is 91.6 Å². The highest BCUT2D eigenvalue weighted by molar-refractivity contribution is 14.1. The summed E-state index contributed by atoms with van der Waals surface area (Å²) in [5.41, 5.74) is 7.19. The maximum Gasteiger partial charge on any atom is 0.472 e. The van der Waals surface area contributed by atoms with Crippen molar-refractivity contribution >= 4 is 115 Å². The van der Waals surface area contributed by atoms with E-state index in [1.54, 1.807) is 25.5 Å². The Hall–Kier alpha value is -8.20. The molecule has 1 aromatic heterocycles. The number of phenols is 1. The number of aromatic nitrogens is 2. The van der Waals surface area contributed by atoms with Crippen molar-refractivity contribution in [1.82, 2.24) is 30.8 Å². The van der Waals surface area contributed by atoms with Gasteiger partial charge >= 0.3 is 27.3 Å². The number of nitrogens with zero attached hydrogens (tertiary/aromatic N) is 1. The molecule has 1 radical (unpaired) electrons. The molecule has 0 spiro atoms. The number of unbranched alkanes of at least 4 members (excludes halogenated alkanes) is 12. The first kappa shape index (κ1) is 82.5. The third kappa shape index (κ3) is 27.3. The molecule has 5 unspecified atom stereocenters. The summed E-state index contributed by atoms with van der Waals surface area (Å²) in [7, 11) is -7.54. The van der Waals surface area contributed by atoms with E-state index in [1.165, 1.54) is 60.8 Å². The lowest BCUT2D eigenvalue weighted by molar-refractivity contribution is -0.121. The number of carbonyl (C=O) groups is 4. The first-order valence-corrected chi connectivity index (χ1v) is 39.3. The van der Waals surface area contributed by atoms with Crippen LogP contribution in [0.3, 0.4) is 0 Å². The average Bonchev–Trinajstić information content (AvgIpc) is 1.23. The highest BCUT2D eigenvalue weighted by Crippen LogP contribution is 2.47. The minimum atomic E-state index is -4.63. The van der Waals surface area contributed by atoms with Crippen molar-refractivity contribution in [2.75, 3.05) is 51.3 Å². The molecule has 3 amide bonds. The molecular weight excluding hydrogens is 1530 g/mol. The molecule has 1 fully saturated rings. The van der Waals surface area contributed by atoms with E-state index < -0.39 is 69.5 Å². The Morgan fingerprint density at radius 3 is 2.10 bits per heavy atom. The number of carboxylic acids is 1. The molecule has 561 valence electrons. The van der Waals surface area contributed by atoms with E-state index in [2.05, 4.69) is 54.2 Å². The number of amides is 3. The number of aromatic amines is 1. The van der Waals surface area contributed by atoms with Crippen LogP contribution in [-0.2, 0) is 48.1 Å². The number of fused-ring (bicyclic) bond motifs is 2. The number of hydrogen-bond donors (Lipinski definition) is 12. The number of hydrogen-bond acceptors (Lipinski definition) is 18. The molecule has 33 heteroatoms. The Kier molecular flexibility index (Phi) is 32.7. The van der Waals surface area contributed by atoms with Crippen molar-refractivity contribution in [2.45, 2.75) is 134 Å². The van der Waals surface area contributed by atoms with Gasteiger partial charge in [-0.25, -0.2) is 18.7 Å². The number of rotatable bonds is 44. The van der Waals surface area contributed by atoms with Crippen molar-refractivity contribution in [1.29, 1.82) is 5.41 Å². The molecule has 1 saturated heterocycles. The van der Waals surface area contributed by atoms with E-state index in [9.17, 15) is 62.7 Å². The lowest BCUT2D eigenvalue weighted by Crippen LogP contribution is -2.33. The molecule has 0 bridgehead atoms. The molecule has 1 aliphatic carbocycles. The van der Waals surface area contributed by atoms with Gasteiger partial charge in [0, 0.05) is 100 Å². The monoisotopic (exact) mass is 1610 g/mol. The van der Waals surface area contributed by atoms with Crippen LogP contribution >= 0.6 is 50.5 Å². The largest absolute Gasteiger partial charge is 0.508 e. The smallest absolute Gasteiger partial charge is 0.472 e. The number of phenolic OH excluding ortho intramolecular Hbond substituents is 1. The number of halogens is 1. The van der Waals surface area contributed by atoms with Crippen LogP contribution in [0.2, 0.25) is 6.32 Å². The molecule has 0 saturated carbocycles. The van der Waals surface area contributed by atoms with Gasteiger partial charge in [0.25, 0.3) is 11.5 Å². The number of phosphoric ester groups is 2. The zero-order valence-electron chi connectivity index (χ0n) is 57.9. The number of H-pyrrole nitrogens is 1. The van der Waals surface area contributed by atoms with Gasteiger partial charge in [0.1, 0.15) is 36.4 Å². The van der Waals surface area contributed by atoms with Crippen LogP contribution in [0.25, 0.3) is 39.5 Å². The van der Waals surface area contributed by atoms with Gasteiger partial charge in [-0.1, -0.05) is 94.4 Å². The van der Waals surface area contributed by atoms with Crippen LogP contribution in [0.15, 0.2) is 134 Å². The Balaban J connectivity index is 0.767. The van der Waals surface area contributed by atoms with Crippen LogP contribution in [0, 0.1) is 14.9 Å². The molecule has 105 heavy (non-hydrogen) atoms. The van der Waals surface area contributed by atoms with Gasteiger partial charge in [-0.3, -0.25) is 57.0 Å².